The molecule has 0 aliphatic rings. The molecule has 2 N–H and O–H groups in total. The molecule has 3 aromatic rings. The lowest BCUT2D eigenvalue weighted by Gasteiger charge is -2.05. The van der Waals surface area contributed by atoms with Crippen LogP contribution in [0.4, 0.5) is 5.69 Å². The number of pyridine rings is 1. The summed E-state index contributed by atoms with van der Waals surface area (Å²) in [6, 6.07) is 6.86. The van der Waals surface area contributed by atoms with E-state index in [2.05, 4.69) is 36.2 Å². The molecule has 0 bridgehead atoms. The average Bonchev–Trinajstić information content (AvgIpc) is 2.91. The molecule has 1 aromatic carbocycles. The van der Waals surface area contributed by atoms with Crippen LogP contribution in [0.1, 0.15) is 5.69 Å². The number of nitrogens with zero attached hydrogens (tertiary/aromatic N) is 2. The van der Waals surface area contributed by atoms with Crippen LogP contribution in [-0.4, -0.2) is 26.6 Å². The van der Waals surface area contributed by atoms with E-state index in [0.29, 0.717) is 26.5 Å². The summed E-state index contributed by atoms with van der Waals surface area (Å²) in [5.74, 6) is 0.0457. The van der Waals surface area contributed by atoms with E-state index in [1.165, 1.54) is 11.8 Å². The molecule has 0 atom stereocenters. The van der Waals surface area contributed by atoms with Crippen molar-refractivity contribution in [1.29, 1.82) is 0 Å². The molecule has 0 aliphatic carbocycles. The lowest BCUT2D eigenvalue weighted by atomic mass is 10.3. The molecule has 3 rings (SSSR count). The quantitative estimate of drug-likeness (QED) is 0.550. The van der Waals surface area contributed by atoms with Gasteiger partial charge in [0.15, 0.2) is 10.8 Å². The summed E-state index contributed by atoms with van der Waals surface area (Å²) >= 11 is 16.5. The lowest BCUT2D eigenvalue weighted by molar-refractivity contribution is -0.113. The Labute approximate surface area is 160 Å². The van der Waals surface area contributed by atoms with Gasteiger partial charge in [0.25, 0.3) is 0 Å². The van der Waals surface area contributed by atoms with E-state index in [0.717, 1.165) is 15.7 Å². The van der Waals surface area contributed by atoms with E-state index in [1.807, 2.05) is 13.0 Å². The van der Waals surface area contributed by atoms with Crippen molar-refractivity contribution in [2.24, 2.45) is 0 Å². The number of carbonyl (C=O) groups is 1. The first-order valence-electron chi connectivity index (χ1n) is 6.83. The second kappa shape index (κ2) is 7.31. The van der Waals surface area contributed by atoms with Crippen LogP contribution >= 0.6 is 50.9 Å². The number of anilines is 1. The number of hydrogen-bond donors (Lipinski definition) is 2. The normalized spacial score (nSPS) is 11.0. The zero-order valence-electron chi connectivity index (χ0n) is 12.4. The number of aromatic nitrogens is 3. The smallest absolute Gasteiger partial charge is 0.234 e. The Bertz CT molecular complexity index is 892. The molecule has 2 aromatic heterocycles. The number of fused-ring (bicyclic) bond motifs is 1. The third kappa shape index (κ3) is 4.03. The van der Waals surface area contributed by atoms with E-state index in [1.54, 1.807) is 18.2 Å². The monoisotopic (exact) mass is 444 g/mol. The fraction of sp³-hybridized carbons (Fsp3) is 0.133. The highest BCUT2D eigenvalue weighted by molar-refractivity contribution is 9.10. The number of rotatable bonds is 4. The second-order valence-corrected chi connectivity index (χ2v) is 7.57. The van der Waals surface area contributed by atoms with E-state index >= 15 is 0 Å². The molecule has 24 heavy (non-hydrogen) atoms. The maximum atomic E-state index is 12.0. The van der Waals surface area contributed by atoms with Crippen molar-refractivity contribution in [3.05, 3.63) is 44.5 Å². The minimum absolute atomic E-state index is 0.163. The molecule has 0 saturated carbocycles. The Hall–Kier alpha value is -1.28. The minimum Gasteiger partial charge on any atom is -0.331 e. The molecule has 124 valence electrons. The Balaban J connectivity index is 1.64. The fourth-order valence-electron chi connectivity index (χ4n) is 1.96. The Kier molecular flexibility index (Phi) is 5.34. The van der Waals surface area contributed by atoms with Gasteiger partial charge in [0.2, 0.25) is 5.91 Å². The molecule has 0 spiro atoms. The predicted octanol–water partition coefficient (Wildman–Crippen LogP) is 5.07. The largest absolute Gasteiger partial charge is 0.331 e. The topological polar surface area (TPSA) is 70.7 Å². The third-order valence-corrected chi connectivity index (χ3v) is 5.54. The van der Waals surface area contributed by atoms with Gasteiger partial charge in [-0.1, -0.05) is 35.0 Å². The van der Waals surface area contributed by atoms with Crippen LogP contribution in [0.15, 0.2) is 33.9 Å². The van der Waals surface area contributed by atoms with Crippen molar-refractivity contribution in [2.75, 3.05) is 11.1 Å². The second-order valence-electron chi connectivity index (χ2n) is 4.93. The number of aromatic amines is 1. The van der Waals surface area contributed by atoms with Gasteiger partial charge >= 0.3 is 0 Å². The van der Waals surface area contributed by atoms with Crippen LogP contribution in [-0.2, 0) is 4.79 Å². The van der Waals surface area contributed by atoms with Gasteiger partial charge in [0.1, 0.15) is 0 Å². The molecule has 0 aliphatic heterocycles. The van der Waals surface area contributed by atoms with Crippen LogP contribution < -0.4 is 5.32 Å². The van der Waals surface area contributed by atoms with Gasteiger partial charge < -0.3 is 10.3 Å². The highest BCUT2D eigenvalue weighted by Gasteiger charge is 2.10. The Morgan fingerprint density at radius 3 is 2.83 bits per heavy atom. The van der Waals surface area contributed by atoms with Crippen molar-refractivity contribution >= 4 is 73.7 Å². The number of nitrogens with one attached hydrogen (secondary N) is 2. The van der Waals surface area contributed by atoms with Gasteiger partial charge in [-0.05, 0) is 47.1 Å². The van der Waals surface area contributed by atoms with E-state index in [9.17, 15) is 4.79 Å². The molecular formula is C15H11BrCl2N4OS. The number of benzene rings is 1. The Morgan fingerprint density at radius 2 is 2.08 bits per heavy atom. The summed E-state index contributed by atoms with van der Waals surface area (Å²) < 4.78 is 0.910. The summed E-state index contributed by atoms with van der Waals surface area (Å²) in [5.41, 5.74) is 2.91. The number of carbonyl (C=O) groups excluding carboxylic acids is 1. The highest BCUT2D eigenvalue weighted by atomic mass is 79.9. The summed E-state index contributed by atoms with van der Waals surface area (Å²) in [5, 5.41) is 4.24. The predicted molar refractivity (Wildman–Crippen MR) is 102 cm³/mol. The zero-order valence-corrected chi connectivity index (χ0v) is 16.3. The molecule has 9 heteroatoms. The van der Waals surface area contributed by atoms with Gasteiger partial charge in [0.05, 0.1) is 27.0 Å². The Morgan fingerprint density at radius 1 is 1.29 bits per heavy atom. The molecule has 1 amide bonds. The first-order chi connectivity index (χ1) is 11.4. The van der Waals surface area contributed by atoms with E-state index < -0.39 is 0 Å². The number of hydrogen-bond acceptors (Lipinski definition) is 4. The number of thioether (sulfide) groups is 1. The van der Waals surface area contributed by atoms with Crippen LogP contribution in [0.2, 0.25) is 10.0 Å². The van der Waals surface area contributed by atoms with Crippen LogP contribution in [0, 0.1) is 6.92 Å². The number of amides is 1. The standard InChI is InChI=1S/C15H11BrCl2N4OS/c1-7-9(16)5-12-14(19-7)22-15(21-12)24-6-13(23)20-8-2-3-10(17)11(18)4-8/h2-5H,6H2,1H3,(H,20,23)(H,19,21,22). The maximum Gasteiger partial charge on any atom is 0.234 e. The highest BCUT2D eigenvalue weighted by Crippen LogP contribution is 2.26. The van der Waals surface area contributed by atoms with Gasteiger partial charge in [-0.25, -0.2) is 9.97 Å². The van der Waals surface area contributed by atoms with Crippen molar-refractivity contribution in [3.8, 4) is 0 Å². The van der Waals surface area contributed by atoms with Crippen molar-refractivity contribution in [2.45, 2.75) is 12.1 Å². The molecule has 0 fully saturated rings. The SMILES string of the molecule is Cc1nc2nc(SCC(=O)Nc3ccc(Cl)c(Cl)c3)[nH]c2cc1Br. The van der Waals surface area contributed by atoms with Crippen molar-refractivity contribution in [3.63, 3.8) is 0 Å². The number of halogens is 3. The number of imidazole rings is 1. The van der Waals surface area contributed by atoms with Gasteiger partial charge in [-0.3, -0.25) is 4.79 Å². The molecule has 0 radical (unpaired) electrons. The summed E-state index contributed by atoms with van der Waals surface area (Å²) in [6.07, 6.45) is 0. The van der Waals surface area contributed by atoms with Gasteiger partial charge in [-0.2, -0.15) is 0 Å². The zero-order chi connectivity index (χ0) is 17.3. The van der Waals surface area contributed by atoms with Crippen LogP contribution in [0.25, 0.3) is 11.2 Å². The molecule has 2 heterocycles. The van der Waals surface area contributed by atoms with Gasteiger partial charge in [0, 0.05) is 10.2 Å². The first kappa shape index (κ1) is 17.5. The molecule has 0 unspecified atom stereocenters. The van der Waals surface area contributed by atoms with Gasteiger partial charge in [-0.15, -0.1) is 0 Å². The van der Waals surface area contributed by atoms with E-state index in [4.69, 9.17) is 23.2 Å². The summed E-state index contributed by atoms with van der Waals surface area (Å²) in [4.78, 5) is 23.9. The average molecular weight is 446 g/mol. The fourth-order valence-corrected chi connectivity index (χ4v) is 3.25. The number of aryl methyl sites for hydroxylation is 1. The lowest BCUT2D eigenvalue weighted by Crippen LogP contribution is -2.14. The van der Waals surface area contributed by atoms with Crippen molar-refractivity contribution < 1.29 is 4.79 Å². The summed E-state index contributed by atoms with van der Waals surface area (Å²) in [6.45, 7) is 1.90. The summed E-state index contributed by atoms with van der Waals surface area (Å²) in [7, 11) is 0. The third-order valence-electron chi connectivity index (χ3n) is 3.12. The van der Waals surface area contributed by atoms with Crippen molar-refractivity contribution in [1.82, 2.24) is 15.0 Å². The van der Waals surface area contributed by atoms with Crippen LogP contribution in [0.3, 0.4) is 0 Å². The molecular weight excluding hydrogens is 435 g/mol. The van der Waals surface area contributed by atoms with E-state index in [-0.39, 0.29) is 11.7 Å². The molecule has 5 nitrogen and oxygen atoms in total. The minimum atomic E-state index is -0.163. The maximum absolute atomic E-state index is 12.0. The molecule has 0 saturated heterocycles. The first-order valence-corrected chi connectivity index (χ1v) is 9.36. The van der Waals surface area contributed by atoms with Crippen LogP contribution in [0.5, 0.6) is 0 Å². The number of H-pyrrole nitrogens is 1.